The summed E-state index contributed by atoms with van der Waals surface area (Å²) < 4.78 is 33.1. The zero-order valence-electron chi connectivity index (χ0n) is 18.3. The van der Waals surface area contributed by atoms with Crippen LogP contribution >= 0.6 is 0 Å². The lowest BCUT2D eigenvalue weighted by molar-refractivity contribution is 0.102. The number of anilines is 1. The van der Waals surface area contributed by atoms with Gasteiger partial charge in [-0.15, -0.1) is 5.10 Å². The molecule has 0 radical (unpaired) electrons. The second kappa shape index (κ2) is 8.84. The third-order valence-corrected chi connectivity index (χ3v) is 7.38. The Morgan fingerprint density at radius 2 is 1.62 bits per heavy atom. The summed E-state index contributed by atoms with van der Waals surface area (Å²) in [6.45, 7) is 7.12. The summed E-state index contributed by atoms with van der Waals surface area (Å²) in [4.78, 5) is 12.7. The van der Waals surface area contributed by atoms with E-state index in [2.05, 4.69) is 29.4 Å². The molecule has 2 heterocycles. The molecule has 0 saturated carbocycles. The Hall–Kier alpha value is -3.04. The van der Waals surface area contributed by atoms with Crippen molar-refractivity contribution in [1.82, 2.24) is 14.5 Å². The number of amides is 1. The van der Waals surface area contributed by atoms with Gasteiger partial charge >= 0.3 is 6.01 Å². The molecule has 2 aromatic carbocycles. The Kier molecular flexibility index (Phi) is 6.12. The Labute approximate surface area is 187 Å². The fourth-order valence-electron chi connectivity index (χ4n) is 3.99. The van der Waals surface area contributed by atoms with E-state index >= 15 is 0 Å². The molecule has 1 aliphatic rings. The van der Waals surface area contributed by atoms with Gasteiger partial charge in [0.15, 0.2) is 0 Å². The minimum atomic E-state index is -3.60. The monoisotopic (exact) mass is 454 g/mol. The molecule has 2 atom stereocenters. The van der Waals surface area contributed by atoms with E-state index in [0.717, 1.165) is 17.5 Å². The predicted octanol–water partition coefficient (Wildman–Crippen LogP) is 3.96. The van der Waals surface area contributed by atoms with Crippen LogP contribution in [0.4, 0.5) is 6.01 Å². The average molecular weight is 455 g/mol. The van der Waals surface area contributed by atoms with Gasteiger partial charge in [0.25, 0.3) is 5.91 Å². The number of hydrogen-bond donors (Lipinski definition) is 1. The number of aromatic nitrogens is 2. The minimum Gasteiger partial charge on any atom is -0.403 e. The van der Waals surface area contributed by atoms with Crippen molar-refractivity contribution in [2.75, 3.05) is 18.4 Å². The van der Waals surface area contributed by atoms with E-state index in [1.165, 1.54) is 28.6 Å². The lowest BCUT2D eigenvalue weighted by atomic mass is 9.94. The van der Waals surface area contributed by atoms with Gasteiger partial charge in [-0.05, 0) is 61.6 Å². The van der Waals surface area contributed by atoms with Crippen molar-refractivity contribution in [2.24, 2.45) is 11.8 Å². The van der Waals surface area contributed by atoms with Gasteiger partial charge in [-0.3, -0.25) is 10.1 Å². The molecule has 8 nitrogen and oxygen atoms in total. The van der Waals surface area contributed by atoms with E-state index in [4.69, 9.17) is 4.42 Å². The van der Waals surface area contributed by atoms with E-state index in [-0.39, 0.29) is 10.9 Å². The molecule has 9 heteroatoms. The largest absolute Gasteiger partial charge is 0.403 e. The van der Waals surface area contributed by atoms with Gasteiger partial charge in [0.05, 0.1) is 4.90 Å². The third-order valence-electron chi connectivity index (χ3n) is 5.53. The summed E-state index contributed by atoms with van der Waals surface area (Å²) in [5, 5.41) is 10.4. The molecule has 1 fully saturated rings. The zero-order chi connectivity index (χ0) is 22.9. The maximum Gasteiger partial charge on any atom is 0.322 e. The fraction of sp³-hybridized carbons (Fsp3) is 0.348. The molecule has 0 aliphatic carbocycles. The molecule has 32 heavy (non-hydrogen) atoms. The predicted molar refractivity (Wildman–Crippen MR) is 121 cm³/mol. The van der Waals surface area contributed by atoms with Gasteiger partial charge < -0.3 is 4.42 Å². The van der Waals surface area contributed by atoms with Gasteiger partial charge in [-0.2, -0.15) is 4.31 Å². The highest BCUT2D eigenvalue weighted by Crippen LogP contribution is 2.27. The van der Waals surface area contributed by atoms with Crippen LogP contribution in [0, 0.1) is 18.8 Å². The van der Waals surface area contributed by atoms with Crippen LogP contribution in [-0.4, -0.2) is 41.9 Å². The molecule has 2 unspecified atom stereocenters. The lowest BCUT2D eigenvalue weighted by Gasteiger charge is -2.34. The van der Waals surface area contributed by atoms with Crippen molar-refractivity contribution < 1.29 is 17.6 Å². The Balaban J connectivity index is 1.45. The molecular weight excluding hydrogens is 428 g/mol. The number of aryl methyl sites for hydroxylation is 1. The van der Waals surface area contributed by atoms with Crippen molar-refractivity contribution in [3.8, 4) is 11.5 Å². The van der Waals surface area contributed by atoms with Crippen LogP contribution in [0.25, 0.3) is 11.5 Å². The highest BCUT2D eigenvalue weighted by molar-refractivity contribution is 7.89. The normalized spacial score (nSPS) is 19.6. The summed E-state index contributed by atoms with van der Waals surface area (Å²) in [7, 11) is -3.60. The highest BCUT2D eigenvalue weighted by atomic mass is 32.2. The first-order chi connectivity index (χ1) is 15.2. The van der Waals surface area contributed by atoms with E-state index in [1.54, 1.807) is 0 Å². The summed E-state index contributed by atoms with van der Waals surface area (Å²) in [5.41, 5.74) is 2.15. The van der Waals surface area contributed by atoms with E-state index in [0.29, 0.717) is 36.4 Å². The third kappa shape index (κ3) is 4.73. The number of carbonyl (C=O) groups excluding carboxylic acids is 1. The van der Waals surface area contributed by atoms with Crippen LogP contribution in [0.1, 0.15) is 36.2 Å². The van der Waals surface area contributed by atoms with Crippen LogP contribution in [0.3, 0.4) is 0 Å². The molecule has 1 aromatic heterocycles. The molecule has 1 saturated heterocycles. The molecule has 1 N–H and O–H groups in total. The quantitative estimate of drug-likeness (QED) is 0.625. The van der Waals surface area contributed by atoms with Gasteiger partial charge in [-0.25, -0.2) is 8.42 Å². The lowest BCUT2D eigenvalue weighted by Crippen LogP contribution is -2.42. The van der Waals surface area contributed by atoms with Crippen LogP contribution in [0.5, 0.6) is 0 Å². The summed E-state index contributed by atoms with van der Waals surface area (Å²) in [6.07, 6.45) is 1.02. The Morgan fingerprint density at radius 3 is 2.25 bits per heavy atom. The Morgan fingerprint density at radius 1 is 1.00 bits per heavy atom. The number of nitrogens with one attached hydrogen (secondary N) is 1. The van der Waals surface area contributed by atoms with Gasteiger partial charge in [0.2, 0.25) is 15.9 Å². The molecule has 0 spiro atoms. The molecule has 0 bridgehead atoms. The van der Waals surface area contributed by atoms with Crippen molar-refractivity contribution in [2.45, 2.75) is 32.1 Å². The van der Waals surface area contributed by atoms with Crippen LogP contribution < -0.4 is 5.32 Å². The van der Waals surface area contributed by atoms with Crippen LogP contribution in [0.15, 0.2) is 57.8 Å². The van der Waals surface area contributed by atoms with Gasteiger partial charge in [-0.1, -0.05) is 36.6 Å². The number of benzene rings is 2. The fourth-order valence-corrected chi connectivity index (χ4v) is 5.66. The molecule has 4 rings (SSSR count). The number of carbonyl (C=O) groups is 1. The molecule has 1 amide bonds. The number of piperidine rings is 1. The summed E-state index contributed by atoms with van der Waals surface area (Å²) >= 11 is 0. The number of rotatable bonds is 5. The first-order valence-corrected chi connectivity index (χ1v) is 12.0. The molecule has 168 valence electrons. The van der Waals surface area contributed by atoms with Crippen LogP contribution in [0.2, 0.25) is 0 Å². The van der Waals surface area contributed by atoms with Crippen molar-refractivity contribution in [3.05, 3.63) is 59.7 Å². The van der Waals surface area contributed by atoms with E-state index < -0.39 is 15.9 Å². The van der Waals surface area contributed by atoms with Crippen molar-refractivity contribution in [1.29, 1.82) is 0 Å². The summed E-state index contributed by atoms with van der Waals surface area (Å²) in [6, 6.07) is 13.4. The smallest absolute Gasteiger partial charge is 0.322 e. The SMILES string of the molecule is Cc1ccc(-c2nnc(NC(=O)c3ccc(S(=O)(=O)N4CC(C)CC(C)C4)cc3)o2)cc1. The topological polar surface area (TPSA) is 105 Å². The maximum absolute atomic E-state index is 13.0. The number of nitrogens with zero attached hydrogens (tertiary/aromatic N) is 3. The first-order valence-electron chi connectivity index (χ1n) is 10.5. The second-order valence-electron chi connectivity index (χ2n) is 8.52. The summed E-state index contributed by atoms with van der Waals surface area (Å²) in [5.74, 6) is 0.468. The second-order valence-corrected chi connectivity index (χ2v) is 10.5. The average Bonchev–Trinajstić information content (AvgIpc) is 3.22. The minimum absolute atomic E-state index is 0.0291. The van der Waals surface area contributed by atoms with Crippen LogP contribution in [-0.2, 0) is 10.0 Å². The molecule has 1 aliphatic heterocycles. The van der Waals surface area contributed by atoms with Gasteiger partial charge in [0.1, 0.15) is 0 Å². The highest BCUT2D eigenvalue weighted by Gasteiger charge is 2.31. The molecular formula is C23H26N4O4S. The first kappa shape index (κ1) is 22.2. The van der Waals surface area contributed by atoms with E-state index in [1.807, 2.05) is 31.2 Å². The zero-order valence-corrected chi connectivity index (χ0v) is 19.1. The van der Waals surface area contributed by atoms with Crippen molar-refractivity contribution >= 4 is 21.9 Å². The number of sulfonamides is 1. The number of hydrogen-bond acceptors (Lipinski definition) is 6. The van der Waals surface area contributed by atoms with E-state index in [9.17, 15) is 13.2 Å². The van der Waals surface area contributed by atoms with Crippen molar-refractivity contribution in [3.63, 3.8) is 0 Å². The molecule has 3 aromatic rings. The standard InChI is InChI=1S/C23H26N4O4S/c1-15-4-6-19(7-5-15)22-25-26-23(31-22)24-21(28)18-8-10-20(11-9-18)32(29,30)27-13-16(2)12-17(3)14-27/h4-11,16-17H,12-14H2,1-3H3,(H,24,26,28). The maximum atomic E-state index is 13.0. The Bertz CT molecular complexity index is 1190. The van der Waals surface area contributed by atoms with Gasteiger partial charge in [0, 0.05) is 24.2 Å².